The minimum atomic E-state index is -0.101. The van der Waals surface area contributed by atoms with E-state index in [0.717, 1.165) is 18.5 Å². The Labute approximate surface area is 121 Å². The van der Waals surface area contributed by atoms with Crippen molar-refractivity contribution < 1.29 is 4.79 Å². The van der Waals surface area contributed by atoms with Crippen molar-refractivity contribution in [3.63, 3.8) is 0 Å². The van der Waals surface area contributed by atoms with Crippen LogP contribution in [0, 0.1) is 5.41 Å². The molecule has 0 atom stereocenters. The van der Waals surface area contributed by atoms with Crippen LogP contribution in [0.1, 0.15) is 51.5 Å². The second kappa shape index (κ2) is 5.04. The van der Waals surface area contributed by atoms with E-state index in [1.165, 1.54) is 0 Å². The molecule has 3 nitrogen and oxygen atoms in total. The second-order valence-corrected chi connectivity index (χ2v) is 7.08. The first-order valence-corrected chi connectivity index (χ1v) is 7.16. The van der Waals surface area contributed by atoms with Gasteiger partial charge in [0.05, 0.1) is 0 Å². The maximum absolute atomic E-state index is 12.7. The molecule has 108 valence electrons. The van der Waals surface area contributed by atoms with Crippen LogP contribution in [0.25, 0.3) is 0 Å². The number of pyridine rings is 1. The number of hydrogen-bond acceptors (Lipinski definition) is 3. The zero-order chi connectivity index (χ0) is 15.0. The van der Waals surface area contributed by atoms with Crippen LogP contribution >= 0.6 is 0 Å². The molecule has 0 aliphatic carbocycles. The Balaban J connectivity index is 2.40. The highest BCUT2D eigenvalue weighted by Gasteiger charge is 2.36. The van der Waals surface area contributed by atoms with E-state index in [1.807, 2.05) is 18.3 Å². The topological polar surface area (TPSA) is 33.2 Å². The molecule has 1 aromatic rings. The minimum Gasteiger partial charge on any atom is -0.372 e. The third-order valence-electron chi connectivity index (χ3n) is 4.00. The van der Waals surface area contributed by atoms with E-state index >= 15 is 0 Å². The van der Waals surface area contributed by atoms with Gasteiger partial charge in [-0.25, -0.2) is 0 Å². The highest BCUT2D eigenvalue weighted by atomic mass is 16.1. The Bertz CT molecular complexity index is 524. The number of nitrogens with zero attached hydrogens (tertiary/aromatic N) is 2. The van der Waals surface area contributed by atoms with Crippen LogP contribution < -0.4 is 0 Å². The zero-order valence-electron chi connectivity index (χ0n) is 13.1. The summed E-state index contributed by atoms with van der Waals surface area (Å²) in [6, 6.07) is 5.48. The SMILES string of the molecule is CC1(C)CCN(C(C)(C)C)C=C1C(=O)c1ccccn1. The lowest BCUT2D eigenvalue weighted by Crippen LogP contribution is -2.44. The van der Waals surface area contributed by atoms with Gasteiger partial charge in [-0.1, -0.05) is 19.9 Å². The highest BCUT2D eigenvalue weighted by Crippen LogP contribution is 2.38. The van der Waals surface area contributed by atoms with Gasteiger partial charge in [0.2, 0.25) is 5.78 Å². The monoisotopic (exact) mass is 272 g/mol. The van der Waals surface area contributed by atoms with Crippen LogP contribution in [0.2, 0.25) is 0 Å². The molecule has 1 aliphatic rings. The molecule has 0 radical (unpaired) electrons. The predicted octanol–water partition coefficient (Wildman–Crippen LogP) is 3.68. The zero-order valence-corrected chi connectivity index (χ0v) is 13.1. The van der Waals surface area contributed by atoms with Gasteiger partial charge in [0, 0.05) is 30.1 Å². The summed E-state index contributed by atoms with van der Waals surface area (Å²) in [5, 5.41) is 0. The molecule has 0 aromatic carbocycles. The van der Waals surface area contributed by atoms with Gasteiger partial charge in [-0.3, -0.25) is 9.78 Å². The van der Waals surface area contributed by atoms with Crippen molar-refractivity contribution in [3.05, 3.63) is 41.9 Å². The molecule has 0 saturated carbocycles. The fraction of sp³-hybridized carbons (Fsp3) is 0.529. The molecule has 2 heterocycles. The summed E-state index contributed by atoms with van der Waals surface area (Å²) < 4.78 is 0. The Morgan fingerprint density at radius 2 is 2.00 bits per heavy atom. The van der Waals surface area contributed by atoms with Gasteiger partial charge < -0.3 is 4.90 Å². The largest absolute Gasteiger partial charge is 0.372 e. The Kier molecular flexibility index (Phi) is 3.72. The van der Waals surface area contributed by atoms with Crippen molar-refractivity contribution in [2.75, 3.05) is 6.54 Å². The first-order valence-electron chi connectivity index (χ1n) is 7.16. The van der Waals surface area contributed by atoms with E-state index in [2.05, 4.69) is 44.5 Å². The maximum atomic E-state index is 12.7. The summed E-state index contributed by atoms with van der Waals surface area (Å²) in [4.78, 5) is 19.2. The summed E-state index contributed by atoms with van der Waals surface area (Å²) in [6.07, 6.45) is 4.69. The fourth-order valence-electron chi connectivity index (χ4n) is 2.46. The van der Waals surface area contributed by atoms with Gasteiger partial charge in [-0.2, -0.15) is 0 Å². The van der Waals surface area contributed by atoms with Crippen molar-refractivity contribution in [2.45, 2.75) is 46.6 Å². The first kappa shape index (κ1) is 14.8. The quantitative estimate of drug-likeness (QED) is 0.770. The molecule has 0 spiro atoms. The van der Waals surface area contributed by atoms with Crippen LogP contribution in [-0.2, 0) is 0 Å². The van der Waals surface area contributed by atoms with Gasteiger partial charge >= 0.3 is 0 Å². The summed E-state index contributed by atoms with van der Waals surface area (Å²) in [5.41, 5.74) is 1.32. The van der Waals surface area contributed by atoms with E-state index in [9.17, 15) is 4.79 Å². The summed E-state index contributed by atoms with van der Waals surface area (Å²) >= 11 is 0. The number of hydrogen-bond donors (Lipinski definition) is 0. The van der Waals surface area contributed by atoms with Gasteiger partial charge in [-0.05, 0) is 44.7 Å². The lowest BCUT2D eigenvalue weighted by molar-refractivity contribution is 0.0959. The third kappa shape index (κ3) is 2.92. The van der Waals surface area contributed by atoms with Crippen LogP contribution in [-0.4, -0.2) is 27.8 Å². The van der Waals surface area contributed by atoms with Crippen LogP contribution in [0.15, 0.2) is 36.2 Å². The average molecular weight is 272 g/mol. The number of aromatic nitrogens is 1. The van der Waals surface area contributed by atoms with E-state index < -0.39 is 0 Å². The third-order valence-corrected chi connectivity index (χ3v) is 4.00. The lowest BCUT2D eigenvalue weighted by Gasteiger charge is -2.43. The molecule has 20 heavy (non-hydrogen) atoms. The molecule has 0 saturated heterocycles. The fourth-order valence-corrected chi connectivity index (χ4v) is 2.46. The van der Waals surface area contributed by atoms with E-state index in [0.29, 0.717) is 5.69 Å². The number of rotatable bonds is 2. The Hall–Kier alpha value is -1.64. The van der Waals surface area contributed by atoms with Crippen LogP contribution in [0.4, 0.5) is 0 Å². The van der Waals surface area contributed by atoms with Crippen LogP contribution in [0.5, 0.6) is 0 Å². The van der Waals surface area contributed by atoms with Crippen molar-refractivity contribution in [1.29, 1.82) is 0 Å². The number of allylic oxidation sites excluding steroid dienone is 1. The van der Waals surface area contributed by atoms with Crippen molar-refractivity contribution in [3.8, 4) is 0 Å². The van der Waals surface area contributed by atoms with Crippen molar-refractivity contribution >= 4 is 5.78 Å². The molecule has 0 amide bonds. The van der Waals surface area contributed by atoms with Crippen molar-refractivity contribution in [1.82, 2.24) is 9.88 Å². The first-order chi connectivity index (χ1) is 9.22. The normalized spacial score (nSPS) is 18.6. The number of Topliss-reactive ketones (excluding diaryl/α,β-unsaturated/α-hetero) is 1. The molecule has 2 rings (SSSR count). The standard InChI is InChI=1S/C17H24N2O/c1-16(2,3)19-11-9-17(4,5)13(12-19)15(20)14-8-6-7-10-18-14/h6-8,10,12H,9,11H2,1-5H3. The molecule has 0 unspecified atom stereocenters. The molecule has 0 N–H and O–H groups in total. The smallest absolute Gasteiger partial charge is 0.209 e. The van der Waals surface area contributed by atoms with E-state index in [-0.39, 0.29) is 16.7 Å². The van der Waals surface area contributed by atoms with Gasteiger partial charge in [0.15, 0.2) is 0 Å². The Morgan fingerprint density at radius 3 is 2.55 bits per heavy atom. The number of ketones is 1. The number of carbonyl (C=O) groups is 1. The molecule has 1 aliphatic heterocycles. The summed E-state index contributed by atoms with van der Waals surface area (Å²) in [7, 11) is 0. The van der Waals surface area contributed by atoms with E-state index in [4.69, 9.17) is 0 Å². The molecule has 0 fully saturated rings. The summed E-state index contributed by atoms with van der Waals surface area (Å²) in [5.74, 6) is 0.0459. The molecular weight excluding hydrogens is 248 g/mol. The lowest BCUT2D eigenvalue weighted by atomic mass is 9.76. The summed E-state index contributed by atoms with van der Waals surface area (Å²) in [6.45, 7) is 11.8. The van der Waals surface area contributed by atoms with Crippen LogP contribution in [0.3, 0.4) is 0 Å². The molecule has 3 heteroatoms. The second-order valence-electron chi connectivity index (χ2n) is 7.08. The molecular formula is C17H24N2O. The van der Waals surface area contributed by atoms with E-state index in [1.54, 1.807) is 12.3 Å². The number of carbonyl (C=O) groups excluding carboxylic acids is 1. The minimum absolute atomic E-state index is 0.0339. The van der Waals surface area contributed by atoms with Crippen molar-refractivity contribution in [2.24, 2.45) is 5.41 Å². The molecule has 1 aromatic heterocycles. The van der Waals surface area contributed by atoms with Gasteiger partial charge in [0.1, 0.15) is 5.69 Å². The molecule has 0 bridgehead atoms. The highest BCUT2D eigenvalue weighted by molar-refractivity contribution is 6.08. The average Bonchev–Trinajstić information content (AvgIpc) is 2.37. The van der Waals surface area contributed by atoms with Gasteiger partial charge in [-0.15, -0.1) is 0 Å². The predicted molar refractivity (Wildman–Crippen MR) is 81.5 cm³/mol. The van der Waals surface area contributed by atoms with Gasteiger partial charge in [0.25, 0.3) is 0 Å². The Morgan fingerprint density at radius 1 is 1.30 bits per heavy atom. The maximum Gasteiger partial charge on any atom is 0.209 e.